The van der Waals surface area contributed by atoms with E-state index in [0.29, 0.717) is 28.8 Å². The first-order valence-electron chi connectivity index (χ1n) is 9.35. The normalized spacial score (nSPS) is 14.9. The lowest BCUT2D eigenvalue weighted by Gasteiger charge is -2.29. The SMILES string of the molecule is CC[C@H](C)[C@@H](C(=O)Nc1ccc(C(=O)OC)cc1)N1C(=O)c2ccccc2C1=O. The topological polar surface area (TPSA) is 92.8 Å². The van der Waals surface area contributed by atoms with Crippen LogP contribution in [0.4, 0.5) is 5.69 Å². The van der Waals surface area contributed by atoms with Crippen molar-refractivity contribution in [1.82, 2.24) is 4.90 Å². The van der Waals surface area contributed by atoms with Crippen LogP contribution < -0.4 is 5.32 Å². The van der Waals surface area contributed by atoms with Crippen molar-refractivity contribution in [3.05, 3.63) is 65.2 Å². The van der Waals surface area contributed by atoms with E-state index in [4.69, 9.17) is 0 Å². The molecule has 0 aromatic heterocycles. The van der Waals surface area contributed by atoms with Crippen molar-refractivity contribution in [2.75, 3.05) is 12.4 Å². The molecule has 1 N–H and O–H groups in total. The van der Waals surface area contributed by atoms with Crippen LogP contribution in [0.2, 0.25) is 0 Å². The van der Waals surface area contributed by atoms with Crippen LogP contribution in [-0.4, -0.2) is 41.7 Å². The molecule has 0 saturated carbocycles. The van der Waals surface area contributed by atoms with Crippen LogP contribution in [0.5, 0.6) is 0 Å². The molecule has 2 aromatic carbocycles. The average molecular weight is 394 g/mol. The quantitative estimate of drug-likeness (QED) is 0.600. The van der Waals surface area contributed by atoms with Crippen LogP contribution in [0.15, 0.2) is 48.5 Å². The second-order valence-electron chi connectivity index (χ2n) is 6.91. The van der Waals surface area contributed by atoms with E-state index in [-0.39, 0.29) is 5.92 Å². The van der Waals surface area contributed by atoms with Gasteiger partial charge in [-0.2, -0.15) is 0 Å². The standard InChI is InChI=1S/C22H22N2O5/c1-4-13(2)18(24-20(26)16-7-5-6-8-17(16)21(24)27)19(25)23-15-11-9-14(10-12-15)22(28)29-3/h5-13,18H,4H2,1-3H3,(H,23,25)/t13-,18-/m0/s1. The number of rotatable bonds is 6. The first-order valence-corrected chi connectivity index (χ1v) is 9.35. The number of anilines is 1. The summed E-state index contributed by atoms with van der Waals surface area (Å²) in [6.45, 7) is 3.72. The molecule has 3 rings (SSSR count). The molecule has 1 heterocycles. The smallest absolute Gasteiger partial charge is 0.337 e. The van der Waals surface area contributed by atoms with Gasteiger partial charge in [0.05, 0.1) is 23.8 Å². The van der Waals surface area contributed by atoms with Gasteiger partial charge in [-0.05, 0) is 42.3 Å². The Morgan fingerprint density at radius 1 is 1.00 bits per heavy atom. The molecule has 0 bridgehead atoms. The molecule has 1 aliphatic heterocycles. The zero-order chi connectivity index (χ0) is 21.1. The van der Waals surface area contributed by atoms with Gasteiger partial charge in [-0.3, -0.25) is 19.3 Å². The Kier molecular flexibility index (Phi) is 5.77. The second-order valence-corrected chi connectivity index (χ2v) is 6.91. The molecule has 2 atom stereocenters. The van der Waals surface area contributed by atoms with Gasteiger partial charge >= 0.3 is 5.97 Å². The Morgan fingerprint density at radius 3 is 2.03 bits per heavy atom. The van der Waals surface area contributed by atoms with Gasteiger partial charge in [0, 0.05) is 5.69 Å². The van der Waals surface area contributed by atoms with E-state index < -0.39 is 29.7 Å². The minimum Gasteiger partial charge on any atom is -0.465 e. The number of hydrogen-bond donors (Lipinski definition) is 1. The highest BCUT2D eigenvalue weighted by Gasteiger charge is 2.44. The number of hydrogen-bond acceptors (Lipinski definition) is 5. The summed E-state index contributed by atoms with van der Waals surface area (Å²) in [6.07, 6.45) is 0.604. The summed E-state index contributed by atoms with van der Waals surface area (Å²) < 4.78 is 4.66. The average Bonchev–Trinajstić information content (AvgIpc) is 2.99. The first-order chi connectivity index (χ1) is 13.9. The molecule has 7 heteroatoms. The predicted molar refractivity (Wildman–Crippen MR) is 107 cm³/mol. The lowest BCUT2D eigenvalue weighted by atomic mass is 9.96. The molecule has 0 saturated heterocycles. The summed E-state index contributed by atoms with van der Waals surface area (Å²) in [5.41, 5.74) is 1.42. The molecule has 0 aliphatic carbocycles. The number of nitrogens with zero attached hydrogens (tertiary/aromatic N) is 1. The Labute approximate surface area is 168 Å². The maximum absolute atomic E-state index is 13.1. The van der Waals surface area contributed by atoms with E-state index in [0.717, 1.165) is 4.90 Å². The van der Waals surface area contributed by atoms with Gasteiger partial charge in [-0.1, -0.05) is 32.4 Å². The number of ether oxygens (including phenoxy) is 1. The van der Waals surface area contributed by atoms with Crippen molar-refractivity contribution in [2.45, 2.75) is 26.3 Å². The Morgan fingerprint density at radius 2 is 1.55 bits per heavy atom. The number of fused-ring (bicyclic) bond motifs is 1. The largest absolute Gasteiger partial charge is 0.465 e. The summed E-state index contributed by atoms with van der Waals surface area (Å²) in [6, 6.07) is 11.8. The van der Waals surface area contributed by atoms with Gasteiger partial charge in [-0.25, -0.2) is 4.79 Å². The first kappa shape index (κ1) is 20.3. The fourth-order valence-electron chi connectivity index (χ4n) is 3.34. The van der Waals surface area contributed by atoms with E-state index in [9.17, 15) is 19.2 Å². The molecule has 0 fully saturated rings. The second kappa shape index (κ2) is 8.26. The lowest BCUT2D eigenvalue weighted by Crippen LogP contribution is -2.50. The summed E-state index contributed by atoms with van der Waals surface area (Å²) in [5, 5.41) is 2.75. The molecule has 0 spiro atoms. The van der Waals surface area contributed by atoms with E-state index in [1.54, 1.807) is 36.4 Å². The summed E-state index contributed by atoms with van der Waals surface area (Å²) in [7, 11) is 1.29. The molecular weight excluding hydrogens is 372 g/mol. The molecule has 3 amide bonds. The number of amides is 3. The van der Waals surface area contributed by atoms with Crippen molar-refractivity contribution in [3.63, 3.8) is 0 Å². The molecule has 1 aliphatic rings. The Balaban J connectivity index is 1.86. The number of imide groups is 1. The summed E-state index contributed by atoms with van der Waals surface area (Å²) in [5.74, 6) is -2.11. The molecule has 0 unspecified atom stereocenters. The maximum Gasteiger partial charge on any atom is 0.337 e. The van der Waals surface area contributed by atoms with Crippen LogP contribution in [0.3, 0.4) is 0 Å². The highest BCUT2D eigenvalue weighted by Crippen LogP contribution is 2.29. The maximum atomic E-state index is 13.1. The van der Waals surface area contributed by atoms with Gasteiger partial charge in [0.25, 0.3) is 11.8 Å². The fraction of sp³-hybridized carbons (Fsp3) is 0.273. The highest BCUT2D eigenvalue weighted by molar-refractivity contribution is 6.23. The molecule has 2 aromatic rings. The lowest BCUT2D eigenvalue weighted by molar-refractivity contribution is -0.121. The Hall–Kier alpha value is -3.48. The fourth-order valence-corrected chi connectivity index (χ4v) is 3.34. The molecule has 150 valence electrons. The van der Waals surface area contributed by atoms with E-state index in [1.165, 1.54) is 19.2 Å². The summed E-state index contributed by atoms with van der Waals surface area (Å²) in [4.78, 5) is 51.4. The van der Waals surface area contributed by atoms with Gasteiger partial charge in [0.2, 0.25) is 5.91 Å². The third-order valence-electron chi connectivity index (χ3n) is 5.13. The Bertz CT molecular complexity index is 932. The monoisotopic (exact) mass is 394 g/mol. The van der Waals surface area contributed by atoms with E-state index in [1.807, 2.05) is 13.8 Å². The molecular formula is C22H22N2O5. The van der Waals surface area contributed by atoms with Crippen LogP contribution in [-0.2, 0) is 9.53 Å². The van der Waals surface area contributed by atoms with Crippen molar-refractivity contribution in [2.24, 2.45) is 5.92 Å². The van der Waals surface area contributed by atoms with Crippen molar-refractivity contribution >= 4 is 29.4 Å². The number of benzene rings is 2. The van der Waals surface area contributed by atoms with E-state index in [2.05, 4.69) is 10.1 Å². The number of methoxy groups -OCH3 is 1. The van der Waals surface area contributed by atoms with Gasteiger partial charge in [0.1, 0.15) is 6.04 Å². The van der Waals surface area contributed by atoms with Crippen molar-refractivity contribution in [3.8, 4) is 0 Å². The molecule has 7 nitrogen and oxygen atoms in total. The van der Waals surface area contributed by atoms with Gasteiger partial charge in [0.15, 0.2) is 0 Å². The van der Waals surface area contributed by atoms with Gasteiger partial charge < -0.3 is 10.1 Å². The molecule has 0 radical (unpaired) electrons. The third-order valence-corrected chi connectivity index (χ3v) is 5.13. The minimum absolute atomic E-state index is 0.244. The zero-order valence-electron chi connectivity index (χ0n) is 16.5. The molecule has 29 heavy (non-hydrogen) atoms. The van der Waals surface area contributed by atoms with Crippen LogP contribution in [0.25, 0.3) is 0 Å². The number of carbonyl (C=O) groups excluding carboxylic acids is 4. The van der Waals surface area contributed by atoms with Gasteiger partial charge in [-0.15, -0.1) is 0 Å². The van der Waals surface area contributed by atoms with Crippen LogP contribution >= 0.6 is 0 Å². The van der Waals surface area contributed by atoms with Crippen LogP contribution in [0.1, 0.15) is 51.3 Å². The number of nitrogens with one attached hydrogen (secondary N) is 1. The third kappa shape index (κ3) is 3.76. The number of carbonyl (C=O) groups is 4. The predicted octanol–water partition coefficient (Wildman–Crippen LogP) is 3.12. The van der Waals surface area contributed by atoms with Crippen molar-refractivity contribution < 1.29 is 23.9 Å². The highest BCUT2D eigenvalue weighted by atomic mass is 16.5. The minimum atomic E-state index is -0.951. The zero-order valence-corrected chi connectivity index (χ0v) is 16.5. The van der Waals surface area contributed by atoms with Crippen LogP contribution in [0, 0.1) is 5.92 Å². The van der Waals surface area contributed by atoms with Crippen molar-refractivity contribution in [1.29, 1.82) is 0 Å². The summed E-state index contributed by atoms with van der Waals surface area (Å²) >= 11 is 0. The number of esters is 1. The van der Waals surface area contributed by atoms with E-state index >= 15 is 0 Å².